The highest BCUT2D eigenvalue weighted by molar-refractivity contribution is 6.30. The molecule has 0 bridgehead atoms. The maximum Gasteiger partial charge on any atom is 0.166 e. The Morgan fingerprint density at radius 2 is 2.00 bits per heavy atom. The molecule has 2 unspecified atom stereocenters. The van der Waals surface area contributed by atoms with Crippen molar-refractivity contribution in [2.24, 2.45) is 5.73 Å². The molecule has 4 nitrogen and oxygen atoms in total. The minimum atomic E-state index is -0.684. The average molecular weight is 365 g/mol. The fourth-order valence-electron chi connectivity index (χ4n) is 2.57. The minimum Gasteiger partial charge on any atom is -0.358 e. The molecule has 0 fully saturated rings. The van der Waals surface area contributed by atoms with E-state index in [1.807, 2.05) is 36.4 Å². The third kappa shape index (κ3) is 3.75. The Kier molecular flexibility index (Phi) is 5.34. The fraction of sp³-hybridized carbons (Fsp3) is 0.100. The summed E-state index contributed by atoms with van der Waals surface area (Å²) >= 11 is 5.94. The Morgan fingerprint density at radius 3 is 2.65 bits per heavy atom. The standard InChI is InChI=1S/C20H14ClFN4/c21-19-15(12-23)11-16(22)20(26-19)25-18(14-9-5-2-6-10-14)17(24)13-7-3-1-4-8-13/h1-5,7-9,11,17-18H,24H2,(H,25,26). The number of rotatable bonds is 5. The molecule has 0 spiro atoms. The lowest BCUT2D eigenvalue weighted by Crippen LogP contribution is -2.26. The van der Waals surface area contributed by atoms with Gasteiger partial charge in [-0.15, -0.1) is 0 Å². The van der Waals surface area contributed by atoms with Gasteiger partial charge >= 0.3 is 0 Å². The molecule has 1 heterocycles. The van der Waals surface area contributed by atoms with Crippen molar-refractivity contribution in [2.45, 2.75) is 12.1 Å². The summed E-state index contributed by atoms with van der Waals surface area (Å²) in [6, 6.07) is 22.4. The lowest BCUT2D eigenvalue weighted by Gasteiger charge is -2.25. The summed E-state index contributed by atoms with van der Waals surface area (Å²) in [5.74, 6) is -0.765. The second kappa shape index (κ2) is 7.84. The van der Waals surface area contributed by atoms with Crippen molar-refractivity contribution < 1.29 is 4.39 Å². The predicted octanol–water partition coefficient (Wildman–Crippen LogP) is 4.20. The zero-order valence-electron chi connectivity index (χ0n) is 13.6. The monoisotopic (exact) mass is 364 g/mol. The van der Waals surface area contributed by atoms with Crippen molar-refractivity contribution in [1.82, 2.24) is 4.98 Å². The molecule has 0 saturated heterocycles. The van der Waals surface area contributed by atoms with Crippen LogP contribution in [0.4, 0.5) is 10.2 Å². The second-order valence-corrected chi connectivity index (χ2v) is 5.94. The van der Waals surface area contributed by atoms with Crippen LogP contribution in [0.25, 0.3) is 0 Å². The smallest absolute Gasteiger partial charge is 0.166 e. The highest BCUT2D eigenvalue weighted by Gasteiger charge is 2.24. The number of nitrogens with zero attached hydrogens (tertiary/aromatic N) is 2. The maximum atomic E-state index is 14.4. The van der Waals surface area contributed by atoms with Crippen molar-refractivity contribution in [2.75, 3.05) is 5.32 Å². The molecule has 0 amide bonds. The molecule has 3 rings (SSSR count). The van der Waals surface area contributed by atoms with E-state index in [9.17, 15) is 4.39 Å². The van der Waals surface area contributed by atoms with E-state index in [1.165, 1.54) is 0 Å². The molecule has 0 aliphatic carbocycles. The van der Waals surface area contributed by atoms with Gasteiger partial charge in [0.2, 0.25) is 0 Å². The highest BCUT2D eigenvalue weighted by atomic mass is 35.5. The molecule has 128 valence electrons. The number of benzene rings is 1. The van der Waals surface area contributed by atoms with Gasteiger partial charge in [-0.25, -0.2) is 9.37 Å². The molecule has 0 saturated carbocycles. The van der Waals surface area contributed by atoms with Gasteiger partial charge in [-0.3, -0.25) is 0 Å². The predicted molar refractivity (Wildman–Crippen MR) is 97.8 cm³/mol. The van der Waals surface area contributed by atoms with Gasteiger partial charge in [0, 0.05) is 5.56 Å². The van der Waals surface area contributed by atoms with Crippen molar-refractivity contribution in [3.8, 4) is 6.07 Å². The van der Waals surface area contributed by atoms with Gasteiger partial charge < -0.3 is 11.1 Å². The van der Waals surface area contributed by atoms with Crippen LogP contribution in [0.5, 0.6) is 0 Å². The normalized spacial score (nSPS) is 12.5. The number of nitrogens with one attached hydrogen (secondary N) is 1. The number of nitrogens with two attached hydrogens (primary N) is 1. The quantitative estimate of drug-likeness (QED) is 0.665. The van der Waals surface area contributed by atoms with Crippen LogP contribution in [-0.4, -0.2) is 4.98 Å². The molecule has 0 aliphatic heterocycles. The van der Waals surface area contributed by atoms with Gasteiger partial charge in [-0.2, -0.15) is 5.26 Å². The Balaban J connectivity index is 2.00. The topological polar surface area (TPSA) is 74.7 Å². The SMILES string of the molecule is N#Cc1cc(F)c(NC(c2c#cccc2)C(N)c2ccccc2)nc1Cl. The van der Waals surface area contributed by atoms with Gasteiger partial charge in [0.15, 0.2) is 11.6 Å². The Bertz CT molecular complexity index is 926. The lowest BCUT2D eigenvalue weighted by molar-refractivity contribution is 0.586. The maximum absolute atomic E-state index is 14.4. The number of anilines is 1. The highest BCUT2D eigenvalue weighted by Crippen LogP contribution is 2.31. The van der Waals surface area contributed by atoms with Crippen molar-refractivity contribution >= 4 is 17.4 Å². The van der Waals surface area contributed by atoms with E-state index in [4.69, 9.17) is 22.6 Å². The Hall–Kier alpha value is -3.12. The van der Waals surface area contributed by atoms with Crippen LogP contribution >= 0.6 is 11.6 Å². The molecular formula is C20H14ClFN4. The number of pyridine rings is 1. The fourth-order valence-corrected chi connectivity index (χ4v) is 2.75. The van der Waals surface area contributed by atoms with E-state index in [0.29, 0.717) is 5.56 Å². The van der Waals surface area contributed by atoms with Crippen molar-refractivity contribution in [1.29, 1.82) is 5.26 Å². The summed E-state index contributed by atoms with van der Waals surface area (Å²) in [6.07, 6.45) is 0. The van der Waals surface area contributed by atoms with Gasteiger partial charge in [-0.1, -0.05) is 60.1 Å². The largest absolute Gasteiger partial charge is 0.358 e. The van der Waals surface area contributed by atoms with Gasteiger partial charge in [0.25, 0.3) is 0 Å². The zero-order chi connectivity index (χ0) is 18.5. The van der Waals surface area contributed by atoms with Crippen molar-refractivity contribution in [3.05, 3.63) is 94.4 Å². The Labute approximate surface area is 156 Å². The third-order valence-corrected chi connectivity index (χ3v) is 4.18. The van der Waals surface area contributed by atoms with Gasteiger partial charge in [0.1, 0.15) is 11.2 Å². The summed E-state index contributed by atoms with van der Waals surface area (Å²) in [4.78, 5) is 3.96. The first-order chi connectivity index (χ1) is 12.6. The van der Waals surface area contributed by atoms with Crippen molar-refractivity contribution in [3.63, 3.8) is 0 Å². The number of hydrogen-bond donors (Lipinski definition) is 2. The molecule has 3 N–H and O–H groups in total. The number of hydrogen-bond acceptors (Lipinski definition) is 4. The molecule has 1 aromatic heterocycles. The van der Waals surface area contributed by atoms with Gasteiger partial charge in [0.05, 0.1) is 17.6 Å². The van der Waals surface area contributed by atoms with Gasteiger partial charge in [-0.05, 0) is 23.8 Å². The molecular weight excluding hydrogens is 351 g/mol. The summed E-state index contributed by atoms with van der Waals surface area (Å²) in [6.45, 7) is 0. The van der Waals surface area contributed by atoms with Crippen LogP contribution in [-0.2, 0) is 0 Å². The van der Waals surface area contributed by atoms with E-state index in [2.05, 4.69) is 22.4 Å². The van der Waals surface area contributed by atoms with Crippen LogP contribution < -0.4 is 11.1 Å². The third-order valence-electron chi connectivity index (χ3n) is 3.89. The molecule has 2 atom stereocenters. The first kappa shape index (κ1) is 17.7. The number of nitriles is 1. The summed E-state index contributed by atoms with van der Waals surface area (Å²) < 4.78 is 14.4. The summed E-state index contributed by atoms with van der Waals surface area (Å²) in [5, 5.41) is 11.9. The lowest BCUT2D eigenvalue weighted by atomic mass is 9.95. The molecule has 26 heavy (non-hydrogen) atoms. The number of aromatic nitrogens is 1. The van der Waals surface area contributed by atoms with E-state index < -0.39 is 17.9 Å². The van der Waals surface area contributed by atoms with E-state index >= 15 is 0 Å². The summed E-state index contributed by atoms with van der Waals surface area (Å²) in [5.41, 5.74) is 7.96. The molecule has 2 aromatic carbocycles. The molecule has 6 heteroatoms. The second-order valence-electron chi connectivity index (χ2n) is 5.58. The first-order valence-corrected chi connectivity index (χ1v) is 8.19. The minimum absolute atomic E-state index is 0.0294. The molecule has 0 radical (unpaired) electrons. The summed E-state index contributed by atoms with van der Waals surface area (Å²) in [7, 11) is 0. The van der Waals surface area contributed by atoms with E-state index in [-0.39, 0.29) is 16.5 Å². The Morgan fingerprint density at radius 1 is 1.23 bits per heavy atom. The molecule has 0 aliphatic rings. The van der Waals surface area contributed by atoms with E-state index in [0.717, 1.165) is 11.6 Å². The van der Waals surface area contributed by atoms with Crippen LogP contribution in [0.3, 0.4) is 0 Å². The first-order valence-electron chi connectivity index (χ1n) is 7.81. The van der Waals surface area contributed by atoms with Crippen LogP contribution in [0.2, 0.25) is 5.15 Å². The number of halogens is 2. The van der Waals surface area contributed by atoms with Crippen LogP contribution in [0, 0.1) is 29.3 Å². The van der Waals surface area contributed by atoms with E-state index in [1.54, 1.807) is 18.2 Å². The van der Waals surface area contributed by atoms with Crippen LogP contribution in [0.1, 0.15) is 28.8 Å². The molecule has 3 aromatic rings. The average Bonchev–Trinajstić information content (AvgIpc) is 2.69. The zero-order valence-corrected chi connectivity index (χ0v) is 14.3. The van der Waals surface area contributed by atoms with Crippen LogP contribution in [0.15, 0.2) is 54.6 Å².